The lowest BCUT2D eigenvalue weighted by atomic mass is 10.0. The Balaban J connectivity index is 2.06. The smallest absolute Gasteiger partial charge is 0.338 e. The average molecular weight is 373 g/mol. The van der Waals surface area contributed by atoms with Crippen molar-refractivity contribution in [2.75, 3.05) is 7.11 Å². The van der Waals surface area contributed by atoms with E-state index >= 15 is 0 Å². The molecule has 0 aliphatic carbocycles. The van der Waals surface area contributed by atoms with Crippen LogP contribution in [0.4, 0.5) is 0 Å². The minimum Gasteiger partial charge on any atom is -0.465 e. The highest BCUT2D eigenvalue weighted by molar-refractivity contribution is 6.16. The molecule has 0 amide bonds. The zero-order chi connectivity index (χ0) is 19.6. The van der Waals surface area contributed by atoms with Crippen molar-refractivity contribution < 1.29 is 9.53 Å². The number of unbranched alkanes of at least 4 members (excludes halogenated alkanes) is 13. The maximum atomic E-state index is 12.0. The second kappa shape index (κ2) is 16.6. The van der Waals surface area contributed by atoms with E-state index < -0.39 is 0 Å². The predicted octanol–water partition coefficient (Wildman–Crippen LogP) is 7.72. The Morgan fingerprint density at radius 3 is 1.74 bits per heavy atom. The van der Waals surface area contributed by atoms with Crippen LogP contribution in [0.25, 0.3) is 5.57 Å². The van der Waals surface area contributed by atoms with E-state index in [2.05, 4.69) is 6.92 Å². The number of ether oxygens (including phenoxy) is 1. The molecule has 0 heterocycles. The van der Waals surface area contributed by atoms with Crippen molar-refractivity contribution in [2.24, 2.45) is 0 Å². The first-order valence-corrected chi connectivity index (χ1v) is 11.1. The topological polar surface area (TPSA) is 26.3 Å². The summed E-state index contributed by atoms with van der Waals surface area (Å²) in [4.78, 5) is 12.0. The van der Waals surface area contributed by atoms with Gasteiger partial charge in [-0.2, -0.15) is 0 Å². The monoisotopic (exact) mass is 372 g/mol. The fourth-order valence-corrected chi connectivity index (χ4v) is 3.46. The highest BCUT2D eigenvalue weighted by atomic mass is 16.5. The normalized spacial score (nSPS) is 11.6. The van der Waals surface area contributed by atoms with Crippen molar-refractivity contribution in [1.29, 1.82) is 0 Å². The molecule has 1 aromatic rings. The molecular formula is C25H40O2. The Hall–Kier alpha value is -1.57. The number of methoxy groups -OCH3 is 1. The zero-order valence-corrected chi connectivity index (χ0v) is 17.7. The van der Waals surface area contributed by atoms with Crippen LogP contribution in [0.1, 0.15) is 102 Å². The minimum atomic E-state index is -0.240. The molecule has 0 aliphatic rings. The molecule has 0 unspecified atom stereocenters. The number of carbonyl (C=O) groups is 1. The summed E-state index contributed by atoms with van der Waals surface area (Å²) in [5.41, 5.74) is 1.64. The Morgan fingerprint density at radius 1 is 0.778 bits per heavy atom. The van der Waals surface area contributed by atoms with E-state index in [1.807, 2.05) is 36.4 Å². The first kappa shape index (κ1) is 23.5. The Kier molecular flexibility index (Phi) is 14.4. The molecule has 1 aromatic carbocycles. The fraction of sp³-hybridized carbons (Fsp3) is 0.640. The molecule has 0 bridgehead atoms. The lowest BCUT2D eigenvalue weighted by molar-refractivity contribution is -0.133. The second-order valence-electron chi connectivity index (χ2n) is 7.51. The Morgan fingerprint density at radius 2 is 1.26 bits per heavy atom. The largest absolute Gasteiger partial charge is 0.465 e. The second-order valence-corrected chi connectivity index (χ2v) is 7.51. The first-order chi connectivity index (χ1) is 13.3. The number of benzene rings is 1. The van der Waals surface area contributed by atoms with Crippen molar-refractivity contribution >= 4 is 11.5 Å². The molecule has 0 atom stereocenters. The summed E-state index contributed by atoms with van der Waals surface area (Å²) in [6, 6.07) is 9.80. The fourth-order valence-electron chi connectivity index (χ4n) is 3.46. The Bertz CT molecular complexity index is 504. The molecule has 0 aromatic heterocycles. The third kappa shape index (κ3) is 11.7. The molecule has 0 N–H and O–H groups in total. The summed E-state index contributed by atoms with van der Waals surface area (Å²) in [5.74, 6) is -0.240. The van der Waals surface area contributed by atoms with Crippen LogP contribution in [0, 0.1) is 0 Å². The third-order valence-corrected chi connectivity index (χ3v) is 5.15. The van der Waals surface area contributed by atoms with Crippen LogP contribution in [-0.2, 0) is 9.53 Å². The molecule has 0 aliphatic heterocycles. The highest BCUT2D eigenvalue weighted by Gasteiger charge is 2.11. The first-order valence-electron chi connectivity index (χ1n) is 11.1. The number of allylic oxidation sites excluding steroid dienone is 1. The van der Waals surface area contributed by atoms with Crippen molar-refractivity contribution in [3.8, 4) is 0 Å². The van der Waals surface area contributed by atoms with Gasteiger partial charge in [-0.05, 0) is 18.4 Å². The molecule has 2 nitrogen and oxygen atoms in total. The maximum Gasteiger partial charge on any atom is 0.338 e. The zero-order valence-electron chi connectivity index (χ0n) is 17.7. The van der Waals surface area contributed by atoms with Gasteiger partial charge in [-0.15, -0.1) is 0 Å². The van der Waals surface area contributed by atoms with Gasteiger partial charge in [0.25, 0.3) is 0 Å². The van der Waals surface area contributed by atoms with Gasteiger partial charge in [0.15, 0.2) is 0 Å². The van der Waals surface area contributed by atoms with Gasteiger partial charge >= 0.3 is 5.97 Å². The molecule has 0 fully saturated rings. The number of rotatable bonds is 16. The van der Waals surface area contributed by atoms with Crippen molar-refractivity contribution in [1.82, 2.24) is 0 Å². The number of esters is 1. The van der Waals surface area contributed by atoms with Crippen LogP contribution >= 0.6 is 0 Å². The number of carbonyl (C=O) groups excluding carboxylic acids is 1. The molecule has 2 heteroatoms. The predicted molar refractivity (Wildman–Crippen MR) is 117 cm³/mol. The molecule has 0 spiro atoms. The van der Waals surface area contributed by atoms with E-state index in [4.69, 9.17) is 4.74 Å². The van der Waals surface area contributed by atoms with Crippen LogP contribution in [0.2, 0.25) is 0 Å². The van der Waals surface area contributed by atoms with E-state index in [-0.39, 0.29) is 5.97 Å². The molecule has 152 valence electrons. The third-order valence-electron chi connectivity index (χ3n) is 5.15. The van der Waals surface area contributed by atoms with E-state index in [0.29, 0.717) is 5.57 Å². The van der Waals surface area contributed by atoms with Gasteiger partial charge in [0.05, 0.1) is 12.7 Å². The summed E-state index contributed by atoms with van der Waals surface area (Å²) >= 11 is 0. The van der Waals surface area contributed by atoms with Crippen LogP contribution in [0.15, 0.2) is 36.4 Å². The van der Waals surface area contributed by atoms with Crippen molar-refractivity contribution in [3.05, 3.63) is 42.0 Å². The molecule has 0 saturated carbocycles. The summed E-state index contributed by atoms with van der Waals surface area (Å²) < 4.78 is 4.93. The van der Waals surface area contributed by atoms with Gasteiger partial charge < -0.3 is 4.74 Å². The van der Waals surface area contributed by atoms with Crippen molar-refractivity contribution in [3.63, 3.8) is 0 Å². The lowest BCUT2D eigenvalue weighted by Gasteiger charge is -2.06. The minimum absolute atomic E-state index is 0.240. The van der Waals surface area contributed by atoms with E-state index in [9.17, 15) is 4.79 Å². The van der Waals surface area contributed by atoms with E-state index in [1.54, 1.807) is 0 Å². The molecule has 0 radical (unpaired) electrons. The summed E-state index contributed by atoms with van der Waals surface area (Å²) in [6.07, 6.45) is 20.7. The number of hydrogen-bond donors (Lipinski definition) is 0. The molecule has 27 heavy (non-hydrogen) atoms. The van der Waals surface area contributed by atoms with Crippen LogP contribution < -0.4 is 0 Å². The summed E-state index contributed by atoms with van der Waals surface area (Å²) in [7, 11) is 1.45. The quantitative estimate of drug-likeness (QED) is 0.169. The average Bonchev–Trinajstić information content (AvgIpc) is 2.71. The van der Waals surface area contributed by atoms with Gasteiger partial charge in [-0.1, -0.05) is 120 Å². The van der Waals surface area contributed by atoms with Gasteiger partial charge in [-0.3, -0.25) is 0 Å². The van der Waals surface area contributed by atoms with Crippen LogP contribution in [-0.4, -0.2) is 13.1 Å². The maximum absolute atomic E-state index is 12.0. The summed E-state index contributed by atoms with van der Waals surface area (Å²) in [6.45, 7) is 2.28. The highest BCUT2D eigenvalue weighted by Crippen LogP contribution is 2.18. The lowest BCUT2D eigenvalue weighted by Crippen LogP contribution is -2.03. The standard InChI is InChI=1S/C25H40O2/c1-3-4-5-6-7-8-9-10-11-12-13-14-15-19-22-24(25(26)27-2)23-20-17-16-18-21-23/h16-18,20-22H,3-15,19H2,1-2H3. The SMILES string of the molecule is CCCCCCCCCCCCCCCC=C(C(=O)OC)c1ccccc1. The number of hydrogen-bond acceptors (Lipinski definition) is 2. The van der Waals surface area contributed by atoms with Crippen LogP contribution in [0.5, 0.6) is 0 Å². The van der Waals surface area contributed by atoms with Gasteiger partial charge in [0.2, 0.25) is 0 Å². The van der Waals surface area contributed by atoms with E-state index in [1.165, 1.54) is 84.2 Å². The van der Waals surface area contributed by atoms with Gasteiger partial charge in [-0.25, -0.2) is 4.79 Å². The van der Waals surface area contributed by atoms with Gasteiger partial charge in [0.1, 0.15) is 0 Å². The van der Waals surface area contributed by atoms with Crippen LogP contribution in [0.3, 0.4) is 0 Å². The van der Waals surface area contributed by atoms with Crippen molar-refractivity contribution in [2.45, 2.75) is 96.8 Å². The molecule has 0 saturated heterocycles. The van der Waals surface area contributed by atoms with E-state index in [0.717, 1.165) is 18.4 Å². The summed E-state index contributed by atoms with van der Waals surface area (Å²) in [5, 5.41) is 0. The Labute approximate surface area is 167 Å². The molecular weight excluding hydrogens is 332 g/mol. The van der Waals surface area contributed by atoms with Gasteiger partial charge in [0, 0.05) is 0 Å². The molecule has 1 rings (SSSR count).